The third kappa shape index (κ3) is 2.08. The largest absolute Gasteiger partial charge is 0.353 e. The molecule has 3 heteroatoms. The molecule has 0 amide bonds. The Morgan fingerprint density at radius 1 is 1.22 bits per heavy atom. The number of fused-ring (bicyclic) bond motifs is 1. The molecule has 1 aromatic rings. The molecule has 1 aliphatic carbocycles. The molecule has 2 aliphatic rings. The van der Waals surface area contributed by atoms with Gasteiger partial charge in [0.05, 0.1) is 11.6 Å². The van der Waals surface area contributed by atoms with Crippen LogP contribution in [0.2, 0.25) is 0 Å². The minimum atomic E-state index is 0.661. The van der Waals surface area contributed by atoms with Crippen molar-refractivity contribution < 1.29 is 0 Å². The van der Waals surface area contributed by atoms with Crippen molar-refractivity contribution in [3.63, 3.8) is 0 Å². The minimum Gasteiger partial charge on any atom is -0.353 e. The Kier molecular flexibility index (Phi) is 3.19. The van der Waals surface area contributed by atoms with Gasteiger partial charge in [0.2, 0.25) is 0 Å². The number of piperidine rings is 1. The van der Waals surface area contributed by atoms with Crippen LogP contribution in [0.15, 0.2) is 18.3 Å². The number of rotatable bonds is 1. The number of nitrogens with zero attached hydrogens (tertiary/aromatic N) is 3. The molecule has 2 atom stereocenters. The fourth-order valence-corrected chi connectivity index (χ4v) is 3.55. The maximum Gasteiger partial charge on any atom is 0.130 e. The van der Waals surface area contributed by atoms with Crippen LogP contribution in [0.1, 0.15) is 44.1 Å². The van der Waals surface area contributed by atoms with Gasteiger partial charge in [0, 0.05) is 18.8 Å². The van der Waals surface area contributed by atoms with Crippen LogP contribution in [-0.4, -0.2) is 17.6 Å². The Morgan fingerprint density at radius 3 is 2.94 bits per heavy atom. The first-order valence-corrected chi connectivity index (χ1v) is 7.01. The zero-order chi connectivity index (χ0) is 12.4. The van der Waals surface area contributed by atoms with Crippen LogP contribution in [-0.2, 0) is 0 Å². The lowest BCUT2D eigenvalue weighted by atomic mass is 9.78. The summed E-state index contributed by atoms with van der Waals surface area (Å²) in [6, 6.07) is 6.60. The molecular formula is C15H19N3. The van der Waals surface area contributed by atoms with E-state index in [1.165, 1.54) is 38.5 Å². The van der Waals surface area contributed by atoms with Gasteiger partial charge in [-0.15, -0.1) is 0 Å². The van der Waals surface area contributed by atoms with Gasteiger partial charge in [0.1, 0.15) is 5.82 Å². The highest BCUT2D eigenvalue weighted by molar-refractivity contribution is 5.46. The molecule has 1 aromatic heterocycles. The van der Waals surface area contributed by atoms with Crippen LogP contribution < -0.4 is 4.90 Å². The number of hydrogen-bond donors (Lipinski definition) is 0. The SMILES string of the molecule is N#Cc1ccnc(N2CCCC3CCCCC32)c1. The number of nitriles is 1. The van der Waals surface area contributed by atoms with Crippen molar-refractivity contribution in [1.82, 2.24) is 4.98 Å². The highest BCUT2D eigenvalue weighted by atomic mass is 15.2. The summed E-state index contributed by atoms with van der Waals surface area (Å²) in [6.07, 6.45) is 9.80. The molecule has 2 fully saturated rings. The lowest BCUT2D eigenvalue weighted by Crippen LogP contribution is -2.47. The van der Waals surface area contributed by atoms with Crippen molar-refractivity contribution in [2.75, 3.05) is 11.4 Å². The third-order valence-electron chi connectivity index (χ3n) is 4.41. The van der Waals surface area contributed by atoms with Crippen molar-refractivity contribution in [3.8, 4) is 6.07 Å². The van der Waals surface area contributed by atoms with E-state index in [0.717, 1.165) is 23.8 Å². The van der Waals surface area contributed by atoms with Crippen molar-refractivity contribution in [2.45, 2.75) is 44.6 Å². The molecule has 3 nitrogen and oxygen atoms in total. The van der Waals surface area contributed by atoms with Crippen LogP contribution >= 0.6 is 0 Å². The van der Waals surface area contributed by atoms with Crippen LogP contribution in [0.5, 0.6) is 0 Å². The topological polar surface area (TPSA) is 39.9 Å². The molecule has 1 saturated carbocycles. The maximum atomic E-state index is 9.00. The summed E-state index contributed by atoms with van der Waals surface area (Å²) >= 11 is 0. The molecular weight excluding hydrogens is 222 g/mol. The normalized spacial score (nSPS) is 27.4. The minimum absolute atomic E-state index is 0.661. The van der Waals surface area contributed by atoms with Crippen molar-refractivity contribution in [2.24, 2.45) is 5.92 Å². The first kappa shape index (κ1) is 11.5. The lowest BCUT2D eigenvalue weighted by Gasteiger charge is -2.44. The Balaban J connectivity index is 1.87. The fraction of sp³-hybridized carbons (Fsp3) is 0.600. The van der Waals surface area contributed by atoms with Crippen LogP contribution in [0.25, 0.3) is 0 Å². The highest BCUT2D eigenvalue weighted by Gasteiger charge is 2.33. The predicted octanol–water partition coefficient (Wildman–Crippen LogP) is 3.11. The first-order valence-electron chi connectivity index (χ1n) is 7.01. The summed E-state index contributed by atoms with van der Waals surface area (Å²) in [6.45, 7) is 1.10. The summed E-state index contributed by atoms with van der Waals surface area (Å²) in [5.41, 5.74) is 0.720. The van der Waals surface area contributed by atoms with E-state index < -0.39 is 0 Å². The molecule has 0 N–H and O–H groups in total. The van der Waals surface area contributed by atoms with Gasteiger partial charge in [0.15, 0.2) is 0 Å². The van der Waals surface area contributed by atoms with E-state index >= 15 is 0 Å². The molecule has 94 valence electrons. The average molecular weight is 241 g/mol. The molecule has 18 heavy (non-hydrogen) atoms. The second-order valence-corrected chi connectivity index (χ2v) is 5.46. The number of anilines is 1. The van der Waals surface area contributed by atoms with Gasteiger partial charge in [-0.1, -0.05) is 12.8 Å². The molecule has 1 aliphatic heterocycles. The fourth-order valence-electron chi connectivity index (χ4n) is 3.55. The van der Waals surface area contributed by atoms with E-state index in [2.05, 4.69) is 16.0 Å². The summed E-state index contributed by atoms with van der Waals surface area (Å²) in [4.78, 5) is 6.93. The van der Waals surface area contributed by atoms with Crippen molar-refractivity contribution in [1.29, 1.82) is 5.26 Å². The Morgan fingerprint density at radius 2 is 2.06 bits per heavy atom. The van der Waals surface area contributed by atoms with Crippen molar-refractivity contribution >= 4 is 5.82 Å². The average Bonchev–Trinajstić information content (AvgIpc) is 2.47. The Labute approximate surface area is 108 Å². The zero-order valence-electron chi connectivity index (χ0n) is 10.7. The summed E-state index contributed by atoms with van der Waals surface area (Å²) in [5.74, 6) is 1.85. The van der Waals surface area contributed by atoms with E-state index in [1.807, 2.05) is 6.07 Å². The zero-order valence-corrected chi connectivity index (χ0v) is 10.7. The van der Waals surface area contributed by atoms with E-state index in [4.69, 9.17) is 5.26 Å². The number of aromatic nitrogens is 1. The van der Waals surface area contributed by atoms with Gasteiger partial charge in [-0.3, -0.25) is 0 Å². The third-order valence-corrected chi connectivity index (χ3v) is 4.41. The van der Waals surface area contributed by atoms with Gasteiger partial charge in [-0.25, -0.2) is 4.98 Å². The second-order valence-electron chi connectivity index (χ2n) is 5.46. The smallest absolute Gasteiger partial charge is 0.130 e. The second kappa shape index (κ2) is 4.97. The standard InChI is InChI=1S/C15H19N3/c16-11-12-7-8-17-15(10-12)18-9-3-5-13-4-1-2-6-14(13)18/h7-8,10,13-14H,1-6,9H2. The summed E-state index contributed by atoms with van der Waals surface area (Å²) in [5, 5.41) is 9.00. The Hall–Kier alpha value is -1.56. The molecule has 3 rings (SSSR count). The molecule has 2 heterocycles. The molecule has 2 unspecified atom stereocenters. The van der Waals surface area contributed by atoms with E-state index in [-0.39, 0.29) is 0 Å². The lowest BCUT2D eigenvalue weighted by molar-refractivity contribution is 0.243. The predicted molar refractivity (Wildman–Crippen MR) is 71.3 cm³/mol. The molecule has 0 spiro atoms. The number of hydrogen-bond acceptors (Lipinski definition) is 3. The molecule has 0 radical (unpaired) electrons. The van der Waals surface area contributed by atoms with Gasteiger partial charge < -0.3 is 4.90 Å². The first-order chi connectivity index (χ1) is 8.88. The van der Waals surface area contributed by atoms with Gasteiger partial charge >= 0.3 is 0 Å². The quantitative estimate of drug-likeness (QED) is 0.758. The Bertz CT molecular complexity index is 461. The van der Waals surface area contributed by atoms with Crippen LogP contribution in [0, 0.1) is 17.2 Å². The van der Waals surface area contributed by atoms with Crippen LogP contribution in [0.3, 0.4) is 0 Å². The van der Waals surface area contributed by atoms with E-state index in [9.17, 15) is 0 Å². The van der Waals surface area contributed by atoms with E-state index in [1.54, 1.807) is 12.3 Å². The molecule has 0 bridgehead atoms. The van der Waals surface area contributed by atoms with Gasteiger partial charge in [0.25, 0.3) is 0 Å². The van der Waals surface area contributed by atoms with E-state index in [0.29, 0.717) is 6.04 Å². The monoisotopic (exact) mass is 241 g/mol. The van der Waals surface area contributed by atoms with Gasteiger partial charge in [-0.05, 0) is 43.7 Å². The van der Waals surface area contributed by atoms with Crippen LogP contribution in [0.4, 0.5) is 5.82 Å². The summed E-state index contributed by atoms with van der Waals surface area (Å²) in [7, 11) is 0. The van der Waals surface area contributed by atoms with Crippen molar-refractivity contribution in [3.05, 3.63) is 23.9 Å². The van der Waals surface area contributed by atoms with Gasteiger partial charge in [-0.2, -0.15) is 5.26 Å². The highest BCUT2D eigenvalue weighted by Crippen LogP contribution is 2.37. The maximum absolute atomic E-state index is 9.00. The molecule has 0 aromatic carbocycles. The molecule has 1 saturated heterocycles. The number of pyridine rings is 1. The summed E-state index contributed by atoms with van der Waals surface area (Å²) < 4.78 is 0.